The summed E-state index contributed by atoms with van der Waals surface area (Å²) >= 11 is 0. The van der Waals surface area contributed by atoms with Crippen LogP contribution in [0.3, 0.4) is 0 Å². The molecule has 0 aliphatic carbocycles. The number of nitrogens with zero attached hydrogens (tertiary/aromatic N) is 2. The highest BCUT2D eigenvalue weighted by Crippen LogP contribution is 2.17. The van der Waals surface area contributed by atoms with Crippen molar-refractivity contribution in [2.24, 2.45) is 0 Å². The van der Waals surface area contributed by atoms with E-state index in [2.05, 4.69) is 10.3 Å². The molecule has 0 unspecified atom stereocenters. The number of rotatable bonds is 4. The number of nitrogen functional groups attached to an aromatic ring is 1. The van der Waals surface area contributed by atoms with Crippen LogP contribution in [0.4, 0.5) is 11.6 Å². The van der Waals surface area contributed by atoms with Crippen LogP contribution in [0.1, 0.15) is 23.7 Å². The maximum Gasteiger partial charge on any atom is 0.255 e. The first-order chi connectivity index (χ1) is 10.4. The summed E-state index contributed by atoms with van der Waals surface area (Å²) in [6.45, 7) is 5.64. The van der Waals surface area contributed by atoms with E-state index < -0.39 is 0 Å². The molecule has 0 atom stereocenters. The van der Waals surface area contributed by atoms with Crippen LogP contribution in [0.25, 0.3) is 0 Å². The van der Waals surface area contributed by atoms with E-state index in [4.69, 9.17) is 5.73 Å². The lowest BCUT2D eigenvalue weighted by Gasteiger charge is -2.12. The van der Waals surface area contributed by atoms with E-state index in [1.54, 1.807) is 0 Å². The Bertz CT molecular complexity index is 765. The second-order valence-electron chi connectivity index (χ2n) is 5.18. The van der Waals surface area contributed by atoms with Gasteiger partial charge in [0.25, 0.3) is 5.56 Å². The monoisotopic (exact) mass is 300 g/mol. The van der Waals surface area contributed by atoms with Gasteiger partial charge in [-0.15, -0.1) is 0 Å². The SMILES string of the molecule is CCc1cc(=O)n(CC(=O)Nc2cccc(C)c2C)c(N)n1. The number of hydrogen-bond acceptors (Lipinski definition) is 4. The van der Waals surface area contributed by atoms with Crippen LogP contribution in [-0.2, 0) is 17.8 Å². The largest absolute Gasteiger partial charge is 0.369 e. The molecule has 0 spiro atoms. The van der Waals surface area contributed by atoms with Crippen molar-refractivity contribution in [2.75, 3.05) is 11.1 Å². The third-order valence-corrected chi connectivity index (χ3v) is 3.63. The summed E-state index contributed by atoms with van der Waals surface area (Å²) in [4.78, 5) is 28.2. The number of carbonyl (C=O) groups is 1. The predicted octanol–water partition coefficient (Wildman–Crippen LogP) is 1.64. The van der Waals surface area contributed by atoms with Crippen LogP contribution < -0.4 is 16.6 Å². The van der Waals surface area contributed by atoms with E-state index in [1.807, 2.05) is 39.0 Å². The summed E-state index contributed by atoms with van der Waals surface area (Å²) < 4.78 is 1.17. The number of hydrogen-bond donors (Lipinski definition) is 2. The second kappa shape index (κ2) is 6.43. The van der Waals surface area contributed by atoms with Crippen molar-refractivity contribution in [3.63, 3.8) is 0 Å². The number of aromatic nitrogens is 2. The van der Waals surface area contributed by atoms with E-state index in [0.29, 0.717) is 12.1 Å². The molecule has 1 aromatic carbocycles. The van der Waals surface area contributed by atoms with Crippen LogP contribution in [-0.4, -0.2) is 15.5 Å². The molecule has 1 amide bonds. The van der Waals surface area contributed by atoms with Gasteiger partial charge in [-0.05, 0) is 37.5 Å². The summed E-state index contributed by atoms with van der Waals surface area (Å²) in [6.07, 6.45) is 0.620. The Labute approximate surface area is 129 Å². The summed E-state index contributed by atoms with van der Waals surface area (Å²) in [5.74, 6) is -0.256. The Balaban J connectivity index is 2.19. The Morgan fingerprint density at radius 3 is 2.73 bits per heavy atom. The van der Waals surface area contributed by atoms with Gasteiger partial charge >= 0.3 is 0 Å². The standard InChI is InChI=1S/C16H20N4O2/c1-4-12-8-15(22)20(16(17)18-12)9-14(21)19-13-7-5-6-10(2)11(13)3/h5-8H,4,9H2,1-3H3,(H2,17,18)(H,19,21). The number of benzene rings is 1. The van der Waals surface area contributed by atoms with Crippen molar-refractivity contribution in [1.29, 1.82) is 0 Å². The number of nitrogens with two attached hydrogens (primary N) is 1. The molecule has 2 aromatic rings. The van der Waals surface area contributed by atoms with Crippen molar-refractivity contribution >= 4 is 17.5 Å². The molecular formula is C16H20N4O2. The van der Waals surface area contributed by atoms with Gasteiger partial charge in [-0.1, -0.05) is 19.1 Å². The van der Waals surface area contributed by atoms with E-state index in [0.717, 1.165) is 16.8 Å². The summed E-state index contributed by atoms with van der Waals surface area (Å²) in [7, 11) is 0. The zero-order chi connectivity index (χ0) is 16.3. The van der Waals surface area contributed by atoms with Gasteiger partial charge in [-0.25, -0.2) is 4.98 Å². The molecule has 0 radical (unpaired) electrons. The summed E-state index contributed by atoms with van der Waals surface area (Å²) in [5, 5.41) is 2.80. The maximum atomic E-state index is 12.2. The molecule has 2 rings (SSSR count). The minimum absolute atomic E-state index is 0.0560. The smallest absolute Gasteiger partial charge is 0.255 e. The summed E-state index contributed by atoms with van der Waals surface area (Å²) in [6, 6.07) is 7.07. The third kappa shape index (κ3) is 3.33. The predicted molar refractivity (Wildman–Crippen MR) is 86.8 cm³/mol. The molecule has 0 saturated carbocycles. The highest BCUT2D eigenvalue weighted by molar-refractivity contribution is 5.91. The Morgan fingerprint density at radius 2 is 2.09 bits per heavy atom. The van der Waals surface area contributed by atoms with Crippen molar-refractivity contribution < 1.29 is 4.79 Å². The number of anilines is 2. The van der Waals surface area contributed by atoms with Gasteiger partial charge < -0.3 is 11.1 Å². The molecular weight excluding hydrogens is 280 g/mol. The number of aryl methyl sites for hydroxylation is 2. The fraction of sp³-hybridized carbons (Fsp3) is 0.312. The number of carbonyl (C=O) groups excluding carboxylic acids is 1. The maximum absolute atomic E-state index is 12.2. The van der Waals surface area contributed by atoms with Crippen LogP contribution in [0, 0.1) is 13.8 Å². The van der Waals surface area contributed by atoms with Crippen LogP contribution in [0.2, 0.25) is 0 Å². The number of nitrogens with one attached hydrogen (secondary N) is 1. The zero-order valence-electron chi connectivity index (χ0n) is 13.0. The zero-order valence-corrected chi connectivity index (χ0v) is 13.0. The minimum atomic E-state index is -0.319. The van der Waals surface area contributed by atoms with Gasteiger partial charge in [0.05, 0.1) is 0 Å². The fourth-order valence-corrected chi connectivity index (χ4v) is 2.13. The van der Waals surface area contributed by atoms with Gasteiger partial charge in [0.15, 0.2) is 0 Å². The molecule has 1 heterocycles. The lowest BCUT2D eigenvalue weighted by Crippen LogP contribution is -2.30. The Kier molecular flexibility index (Phi) is 4.60. The van der Waals surface area contributed by atoms with Crippen molar-refractivity contribution in [3.8, 4) is 0 Å². The van der Waals surface area contributed by atoms with Crippen molar-refractivity contribution in [2.45, 2.75) is 33.7 Å². The quantitative estimate of drug-likeness (QED) is 0.898. The minimum Gasteiger partial charge on any atom is -0.369 e. The average molecular weight is 300 g/mol. The highest BCUT2D eigenvalue weighted by atomic mass is 16.2. The first kappa shape index (κ1) is 15.8. The lowest BCUT2D eigenvalue weighted by molar-refractivity contribution is -0.116. The molecule has 6 nitrogen and oxygen atoms in total. The highest BCUT2D eigenvalue weighted by Gasteiger charge is 2.11. The molecule has 0 aliphatic rings. The fourth-order valence-electron chi connectivity index (χ4n) is 2.13. The van der Waals surface area contributed by atoms with Gasteiger partial charge in [-0.2, -0.15) is 0 Å². The third-order valence-electron chi connectivity index (χ3n) is 3.63. The van der Waals surface area contributed by atoms with Gasteiger partial charge in [0.1, 0.15) is 6.54 Å². The molecule has 3 N–H and O–H groups in total. The van der Waals surface area contributed by atoms with E-state index in [-0.39, 0.29) is 24.0 Å². The number of amides is 1. The Hall–Kier alpha value is -2.63. The first-order valence-corrected chi connectivity index (χ1v) is 7.14. The second-order valence-corrected chi connectivity index (χ2v) is 5.18. The van der Waals surface area contributed by atoms with Gasteiger partial charge in [0.2, 0.25) is 11.9 Å². The normalized spacial score (nSPS) is 10.5. The van der Waals surface area contributed by atoms with E-state index in [1.165, 1.54) is 10.6 Å². The molecule has 6 heteroatoms. The van der Waals surface area contributed by atoms with E-state index in [9.17, 15) is 9.59 Å². The van der Waals surface area contributed by atoms with Gasteiger partial charge in [-0.3, -0.25) is 14.2 Å². The van der Waals surface area contributed by atoms with Crippen LogP contribution >= 0.6 is 0 Å². The van der Waals surface area contributed by atoms with Crippen LogP contribution in [0.15, 0.2) is 29.1 Å². The Morgan fingerprint density at radius 1 is 1.36 bits per heavy atom. The first-order valence-electron chi connectivity index (χ1n) is 7.14. The van der Waals surface area contributed by atoms with E-state index >= 15 is 0 Å². The molecule has 1 aromatic heterocycles. The lowest BCUT2D eigenvalue weighted by atomic mass is 10.1. The topological polar surface area (TPSA) is 90.0 Å². The molecule has 0 fully saturated rings. The molecule has 116 valence electrons. The van der Waals surface area contributed by atoms with Gasteiger partial charge in [0, 0.05) is 17.4 Å². The molecule has 22 heavy (non-hydrogen) atoms. The van der Waals surface area contributed by atoms with Crippen molar-refractivity contribution in [1.82, 2.24) is 9.55 Å². The molecule has 0 aliphatic heterocycles. The summed E-state index contributed by atoms with van der Waals surface area (Å²) in [5.41, 5.74) is 8.88. The molecule has 0 bridgehead atoms. The van der Waals surface area contributed by atoms with Crippen LogP contribution in [0.5, 0.6) is 0 Å². The average Bonchev–Trinajstić information content (AvgIpc) is 2.47. The molecule has 0 saturated heterocycles. The van der Waals surface area contributed by atoms with Crippen molar-refractivity contribution in [3.05, 3.63) is 51.4 Å².